The summed E-state index contributed by atoms with van der Waals surface area (Å²) in [6, 6.07) is 26.5. The van der Waals surface area contributed by atoms with E-state index >= 15 is 0 Å². The van der Waals surface area contributed by atoms with Crippen molar-refractivity contribution in [3.8, 4) is 17.9 Å². The Morgan fingerprint density at radius 2 is 1.62 bits per heavy atom. The Hall–Kier alpha value is -5.47. The predicted molar refractivity (Wildman–Crippen MR) is 149 cm³/mol. The molecule has 1 fully saturated rings. The molecule has 1 saturated carbocycles. The quantitative estimate of drug-likeness (QED) is 0.262. The highest BCUT2D eigenvalue weighted by Gasteiger charge is 2.46. The highest BCUT2D eigenvalue weighted by atomic mass is 16.2. The summed E-state index contributed by atoms with van der Waals surface area (Å²) in [4.78, 5) is 41.9. The van der Waals surface area contributed by atoms with Crippen molar-refractivity contribution < 1.29 is 14.4 Å². The van der Waals surface area contributed by atoms with Gasteiger partial charge in [0.05, 0.1) is 17.6 Å². The van der Waals surface area contributed by atoms with Gasteiger partial charge in [-0.15, -0.1) is 0 Å². The number of nitriles is 1. The zero-order valence-corrected chi connectivity index (χ0v) is 21.5. The predicted octanol–water partition coefficient (Wildman–Crippen LogP) is 3.31. The van der Waals surface area contributed by atoms with Crippen LogP contribution in [-0.2, 0) is 21.7 Å². The molecule has 1 heterocycles. The largest absolute Gasteiger partial charge is 0.344 e. The number of fused-ring (bicyclic) bond motifs is 1. The zero-order chi connectivity index (χ0) is 28.0. The van der Waals surface area contributed by atoms with Gasteiger partial charge in [0.15, 0.2) is 0 Å². The number of nitrogens with one attached hydrogen (secondary N) is 3. The van der Waals surface area contributed by atoms with Crippen molar-refractivity contribution in [2.24, 2.45) is 0 Å². The Kier molecular flexibility index (Phi) is 7.52. The maximum Gasteiger partial charge on any atom is 0.310 e. The van der Waals surface area contributed by atoms with Crippen LogP contribution in [-0.4, -0.2) is 29.3 Å². The lowest BCUT2D eigenvalue weighted by Gasteiger charge is -2.20. The van der Waals surface area contributed by atoms with Gasteiger partial charge >= 0.3 is 11.8 Å². The number of hydrogen-bond acceptors (Lipinski definition) is 5. The number of amides is 3. The Morgan fingerprint density at radius 1 is 0.875 bits per heavy atom. The summed E-state index contributed by atoms with van der Waals surface area (Å²) < 4.78 is 0. The van der Waals surface area contributed by atoms with Crippen molar-refractivity contribution in [1.82, 2.24) is 20.9 Å². The molecule has 3 aromatic carbocycles. The second kappa shape index (κ2) is 11.5. The van der Waals surface area contributed by atoms with Crippen LogP contribution >= 0.6 is 0 Å². The highest BCUT2D eigenvalue weighted by molar-refractivity contribution is 6.35. The van der Waals surface area contributed by atoms with E-state index in [1.165, 1.54) is 6.20 Å². The number of benzene rings is 3. The van der Waals surface area contributed by atoms with Gasteiger partial charge in [0.25, 0.3) is 5.91 Å². The van der Waals surface area contributed by atoms with Gasteiger partial charge in [-0.05, 0) is 64.9 Å². The Bertz CT molecular complexity index is 1710. The van der Waals surface area contributed by atoms with Crippen molar-refractivity contribution in [3.63, 3.8) is 0 Å². The van der Waals surface area contributed by atoms with Crippen molar-refractivity contribution in [2.45, 2.75) is 24.9 Å². The second-order valence-electron chi connectivity index (χ2n) is 9.47. The standard InChI is InChI=1S/C32H25N5O3/c33-19-22-11-14-27(35-20-22)9-5-17-34-30(39)31(40)36-21-25-8-3-4-10-28(25)29(38)37-32(15-16-32)26-13-12-23-6-1-2-7-24(23)18-26/h1-4,6-8,10-14,18,20H,15-17,21H2,(H,34,39)(H,36,40)(H,37,38). The lowest BCUT2D eigenvalue weighted by molar-refractivity contribution is -0.139. The monoisotopic (exact) mass is 527 g/mol. The highest BCUT2D eigenvalue weighted by Crippen LogP contribution is 2.46. The molecule has 3 amide bonds. The zero-order valence-electron chi connectivity index (χ0n) is 21.5. The Balaban J connectivity index is 1.17. The number of aromatic nitrogens is 1. The van der Waals surface area contributed by atoms with Gasteiger partial charge in [0.1, 0.15) is 11.8 Å². The molecule has 0 unspecified atom stereocenters. The number of nitrogens with zero attached hydrogens (tertiary/aromatic N) is 2. The van der Waals surface area contributed by atoms with Crippen molar-refractivity contribution in [2.75, 3.05) is 6.54 Å². The van der Waals surface area contributed by atoms with Crippen LogP contribution in [0, 0.1) is 23.2 Å². The Morgan fingerprint density at radius 3 is 2.38 bits per heavy atom. The van der Waals surface area contributed by atoms with Crippen LogP contribution in [0.3, 0.4) is 0 Å². The summed E-state index contributed by atoms with van der Waals surface area (Å²) in [7, 11) is 0. The molecule has 5 rings (SSSR count). The normalized spacial score (nSPS) is 12.8. The average molecular weight is 528 g/mol. The fourth-order valence-electron chi connectivity index (χ4n) is 4.41. The maximum absolute atomic E-state index is 13.3. The van der Waals surface area contributed by atoms with E-state index < -0.39 is 17.4 Å². The fraction of sp³-hybridized carbons (Fsp3) is 0.156. The van der Waals surface area contributed by atoms with E-state index in [0.29, 0.717) is 22.4 Å². The van der Waals surface area contributed by atoms with Crippen LogP contribution in [0.4, 0.5) is 0 Å². The smallest absolute Gasteiger partial charge is 0.310 e. The molecular weight excluding hydrogens is 502 g/mol. The van der Waals surface area contributed by atoms with E-state index in [4.69, 9.17) is 5.26 Å². The average Bonchev–Trinajstić information content (AvgIpc) is 3.78. The molecule has 0 radical (unpaired) electrons. The molecule has 8 heteroatoms. The lowest BCUT2D eigenvalue weighted by atomic mass is 9.99. The van der Waals surface area contributed by atoms with Crippen LogP contribution in [0.15, 0.2) is 85.1 Å². The summed E-state index contributed by atoms with van der Waals surface area (Å²) in [6.07, 6.45) is 3.10. The summed E-state index contributed by atoms with van der Waals surface area (Å²) in [5.74, 6) is 3.57. The molecule has 1 aliphatic rings. The summed E-state index contributed by atoms with van der Waals surface area (Å²) in [5.41, 5.74) is 2.57. The van der Waals surface area contributed by atoms with E-state index in [0.717, 1.165) is 29.2 Å². The van der Waals surface area contributed by atoms with Crippen LogP contribution in [0.1, 0.15) is 45.6 Å². The third-order valence-corrected chi connectivity index (χ3v) is 6.76. The van der Waals surface area contributed by atoms with Crippen LogP contribution in [0.25, 0.3) is 10.8 Å². The van der Waals surface area contributed by atoms with Gasteiger partial charge in [0.2, 0.25) is 0 Å². The number of carbonyl (C=O) groups is 3. The maximum atomic E-state index is 13.3. The van der Waals surface area contributed by atoms with Crippen LogP contribution in [0.5, 0.6) is 0 Å². The first kappa shape index (κ1) is 26.1. The third kappa shape index (κ3) is 5.98. The van der Waals surface area contributed by atoms with E-state index in [9.17, 15) is 14.4 Å². The number of hydrogen-bond donors (Lipinski definition) is 3. The molecule has 0 saturated heterocycles. The van der Waals surface area contributed by atoms with Crippen molar-refractivity contribution in [1.29, 1.82) is 5.26 Å². The molecule has 40 heavy (non-hydrogen) atoms. The first-order chi connectivity index (χ1) is 19.5. The van der Waals surface area contributed by atoms with Gasteiger partial charge in [-0.2, -0.15) is 5.26 Å². The molecule has 196 valence electrons. The molecule has 8 nitrogen and oxygen atoms in total. The number of carbonyl (C=O) groups excluding carboxylic acids is 3. The minimum atomic E-state index is -0.836. The first-order valence-electron chi connectivity index (χ1n) is 12.8. The van der Waals surface area contributed by atoms with Crippen molar-refractivity contribution in [3.05, 3.63) is 113 Å². The van der Waals surface area contributed by atoms with E-state index in [1.807, 2.05) is 18.2 Å². The molecule has 4 aromatic rings. The SMILES string of the molecule is N#Cc1ccc(C#CCNC(=O)C(=O)NCc2ccccc2C(=O)NC2(c3ccc4ccccc4c3)CC2)nc1. The summed E-state index contributed by atoms with van der Waals surface area (Å²) >= 11 is 0. The minimum Gasteiger partial charge on any atom is -0.344 e. The van der Waals surface area contributed by atoms with Gasteiger partial charge < -0.3 is 16.0 Å². The summed E-state index contributed by atoms with van der Waals surface area (Å²) in [5, 5.41) is 19.3. The molecule has 0 spiro atoms. The molecule has 1 aromatic heterocycles. The molecule has 1 aliphatic carbocycles. The lowest BCUT2D eigenvalue weighted by Crippen LogP contribution is -2.40. The first-order valence-corrected chi connectivity index (χ1v) is 12.8. The fourth-order valence-corrected chi connectivity index (χ4v) is 4.41. The van der Waals surface area contributed by atoms with Gasteiger partial charge in [-0.25, -0.2) is 4.98 Å². The second-order valence-corrected chi connectivity index (χ2v) is 9.47. The number of pyridine rings is 1. The summed E-state index contributed by atoms with van der Waals surface area (Å²) in [6.45, 7) is -0.0383. The minimum absolute atomic E-state index is 0.0136. The molecule has 0 atom stereocenters. The van der Waals surface area contributed by atoms with Gasteiger partial charge in [-0.1, -0.05) is 60.5 Å². The van der Waals surface area contributed by atoms with E-state index in [1.54, 1.807) is 36.4 Å². The van der Waals surface area contributed by atoms with Crippen LogP contribution < -0.4 is 16.0 Å². The topological polar surface area (TPSA) is 124 Å². The molecule has 0 aliphatic heterocycles. The third-order valence-electron chi connectivity index (χ3n) is 6.76. The van der Waals surface area contributed by atoms with Crippen LogP contribution in [0.2, 0.25) is 0 Å². The molecule has 3 N–H and O–H groups in total. The van der Waals surface area contributed by atoms with E-state index in [2.05, 4.69) is 63.1 Å². The van der Waals surface area contributed by atoms with Gasteiger partial charge in [0, 0.05) is 18.3 Å². The van der Waals surface area contributed by atoms with Crippen molar-refractivity contribution >= 4 is 28.5 Å². The van der Waals surface area contributed by atoms with Gasteiger partial charge in [-0.3, -0.25) is 14.4 Å². The molecule has 0 bridgehead atoms. The number of rotatable bonds is 6. The van der Waals surface area contributed by atoms with E-state index in [-0.39, 0.29) is 19.0 Å². The molecular formula is C32H25N5O3. The Labute approximate surface area is 231 Å².